The molecule has 0 bridgehead atoms. The molecule has 0 aromatic heterocycles. The minimum Gasteiger partial charge on any atom is -0.462 e. The van der Waals surface area contributed by atoms with Gasteiger partial charge in [0.25, 0.3) is 0 Å². The molecule has 61 heavy (non-hydrogen) atoms. The number of carbonyl (C=O) groups is 2. The summed E-state index contributed by atoms with van der Waals surface area (Å²) in [7, 11) is 1.37. The first-order valence-corrected chi connectivity index (χ1v) is 23.9. The highest BCUT2D eigenvalue weighted by atomic mass is 31.2. The van der Waals surface area contributed by atoms with Crippen LogP contribution in [0.15, 0.2) is 122 Å². The van der Waals surface area contributed by atoms with Crippen LogP contribution in [0.25, 0.3) is 0 Å². The molecule has 0 aliphatic heterocycles. The van der Waals surface area contributed by atoms with Crippen LogP contribution in [-0.2, 0) is 32.7 Å². The van der Waals surface area contributed by atoms with Crippen molar-refractivity contribution in [3.8, 4) is 0 Å². The molecule has 0 rings (SSSR count). The van der Waals surface area contributed by atoms with E-state index in [1.54, 1.807) is 6.08 Å². The van der Waals surface area contributed by atoms with Gasteiger partial charge in [-0.2, -0.15) is 0 Å². The number of allylic oxidation sites excluding steroid dienone is 18. The summed E-state index contributed by atoms with van der Waals surface area (Å²) in [5.74, 6) is -0.961. The van der Waals surface area contributed by atoms with Gasteiger partial charge in [0.05, 0.1) is 33.9 Å². The lowest BCUT2D eigenvalue weighted by molar-refractivity contribution is -0.870. The molecule has 0 aromatic carbocycles. The monoisotopic (exact) mass is 871 g/mol. The third kappa shape index (κ3) is 44.2. The van der Waals surface area contributed by atoms with Crippen molar-refractivity contribution in [2.24, 2.45) is 0 Å². The SMILES string of the molecule is CC/C=C\C/C=C\C/C=C\C/C=C\CCCCCCC(=O)O[C@H](COC(=O)CC/C=C\C/C=C\C/C=C\C/C=C/C=C/C(O)C/C=C\CC)COP(=O)(O)OCC[N+](C)(C)C. The van der Waals surface area contributed by atoms with E-state index in [0.29, 0.717) is 30.3 Å². The second kappa shape index (κ2) is 40.4. The summed E-state index contributed by atoms with van der Waals surface area (Å²) in [6, 6.07) is 0. The fraction of sp³-hybridized carbons (Fsp3) is 0.560. The lowest BCUT2D eigenvalue weighted by Gasteiger charge is -2.24. The van der Waals surface area contributed by atoms with Crippen LogP contribution in [-0.4, -0.2) is 86.1 Å². The minimum absolute atomic E-state index is 0.00100. The van der Waals surface area contributed by atoms with E-state index in [1.807, 2.05) is 63.7 Å². The average molecular weight is 871 g/mol. The van der Waals surface area contributed by atoms with E-state index in [1.165, 1.54) is 0 Å². The summed E-state index contributed by atoms with van der Waals surface area (Å²) in [5, 5.41) is 9.85. The van der Waals surface area contributed by atoms with Crippen molar-refractivity contribution in [1.82, 2.24) is 0 Å². The van der Waals surface area contributed by atoms with Crippen molar-refractivity contribution in [1.29, 1.82) is 0 Å². The summed E-state index contributed by atoms with van der Waals surface area (Å²) >= 11 is 0. The van der Waals surface area contributed by atoms with Gasteiger partial charge in [-0.25, -0.2) is 4.57 Å². The van der Waals surface area contributed by atoms with Crippen LogP contribution in [0.4, 0.5) is 0 Å². The molecule has 3 atom stereocenters. The fourth-order valence-electron chi connectivity index (χ4n) is 5.11. The number of nitrogens with zero attached hydrogens (tertiary/aromatic N) is 1. The highest BCUT2D eigenvalue weighted by Crippen LogP contribution is 2.43. The molecule has 0 radical (unpaired) electrons. The standard InChI is InChI=1S/C50H80NO9P/c1-6-8-10-11-12-13-14-15-16-17-18-21-25-28-31-34-38-42-50(54)60-48(46-59-61(55,56)58-44-43-51(3,4)5)45-57-49(53)41-37-33-30-27-24-22-19-20-23-26-29-32-36-40-47(52)39-35-9-7-2/h8-10,12-13,15-16,18,20-24,29-30,32-33,35-36,40,47-48,52H,6-7,11,14,17,19,25-28,31,34,37-39,41-46H2,1-5H3/p+1/b10-8-,13-12-,16-15-,21-18-,23-20-,24-22-,32-29+,33-30-,35-9-,40-36+/t47?,48-/m1/s1. The molecule has 0 fully saturated rings. The molecule has 10 nitrogen and oxygen atoms in total. The molecular formula is C50H81NO9P+. The summed E-state index contributed by atoms with van der Waals surface area (Å²) in [6.45, 7) is 3.93. The zero-order valence-corrected chi connectivity index (χ0v) is 39.1. The van der Waals surface area contributed by atoms with Crippen LogP contribution >= 0.6 is 7.82 Å². The maximum Gasteiger partial charge on any atom is 0.472 e. The van der Waals surface area contributed by atoms with Gasteiger partial charge in [0.15, 0.2) is 6.10 Å². The maximum absolute atomic E-state index is 12.7. The first-order chi connectivity index (χ1) is 29.4. The Kier molecular flexibility index (Phi) is 38.0. The first kappa shape index (κ1) is 57.4. The van der Waals surface area contributed by atoms with Crippen molar-refractivity contribution >= 4 is 19.8 Å². The molecule has 11 heteroatoms. The molecule has 0 amide bonds. The summed E-state index contributed by atoms with van der Waals surface area (Å²) in [5.41, 5.74) is 0. The Labute approximate surface area is 370 Å². The summed E-state index contributed by atoms with van der Waals surface area (Å²) in [6.07, 6.45) is 53.1. The van der Waals surface area contributed by atoms with E-state index >= 15 is 0 Å². The number of aliphatic hydroxyl groups excluding tert-OH is 1. The summed E-state index contributed by atoms with van der Waals surface area (Å²) < 4.78 is 34.2. The van der Waals surface area contributed by atoms with Crippen LogP contribution < -0.4 is 0 Å². The minimum atomic E-state index is -4.42. The fourth-order valence-corrected chi connectivity index (χ4v) is 5.85. The van der Waals surface area contributed by atoms with Gasteiger partial charge in [-0.05, 0) is 83.5 Å². The number of phosphoric ester groups is 1. The predicted molar refractivity (Wildman–Crippen MR) is 253 cm³/mol. The van der Waals surface area contributed by atoms with Gasteiger partial charge in [-0.1, -0.05) is 148 Å². The van der Waals surface area contributed by atoms with Crippen LogP contribution in [0.3, 0.4) is 0 Å². The number of unbranched alkanes of at least 4 members (excludes halogenated alkanes) is 4. The largest absolute Gasteiger partial charge is 0.472 e. The van der Waals surface area contributed by atoms with Crippen molar-refractivity contribution in [2.75, 3.05) is 47.5 Å². The molecule has 344 valence electrons. The number of phosphoric acid groups is 1. The lowest BCUT2D eigenvalue weighted by Crippen LogP contribution is -2.37. The van der Waals surface area contributed by atoms with Crippen LogP contribution in [0.5, 0.6) is 0 Å². The molecule has 0 heterocycles. The van der Waals surface area contributed by atoms with E-state index in [4.69, 9.17) is 18.5 Å². The first-order valence-electron chi connectivity index (χ1n) is 22.4. The third-order valence-corrected chi connectivity index (χ3v) is 9.57. The quantitative estimate of drug-likeness (QED) is 0.0156. The number of hydrogen-bond acceptors (Lipinski definition) is 8. The molecule has 0 saturated carbocycles. The normalized spacial score (nSPS) is 15.2. The van der Waals surface area contributed by atoms with Gasteiger partial charge in [0, 0.05) is 12.8 Å². The topological polar surface area (TPSA) is 129 Å². The van der Waals surface area contributed by atoms with Gasteiger partial charge in [-0.15, -0.1) is 0 Å². The third-order valence-electron chi connectivity index (χ3n) is 8.58. The van der Waals surface area contributed by atoms with Crippen molar-refractivity contribution in [3.63, 3.8) is 0 Å². The van der Waals surface area contributed by atoms with E-state index in [0.717, 1.165) is 77.0 Å². The molecule has 2 N–H and O–H groups in total. The number of esters is 2. The number of rotatable bonds is 38. The second-order valence-corrected chi connectivity index (χ2v) is 17.0. The van der Waals surface area contributed by atoms with Gasteiger partial charge >= 0.3 is 19.8 Å². The molecule has 0 spiro atoms. The van der Waals surface area contributed by atoms with E-state index < -0.39 is 38.6 Å². The second-order valence-electron chi connectivity index (χ2n) is 15.5. The Morgan fingerprint density at radius 3 is 1.70 bits per heavy atom. The highest BCUT2D eigenvalue weighted by molar-refractivity contribution is 7.47. The number of likely N-dealkylation sites (N-methyl/N-ethyl adjacent to an activating group) is 1. The van der Waals surface area contributed by atoms with Crippen molar-refractivity contribution in [2.45, 2.75) is 135 Å². The highest BCUT2D eigenvalue weighted by Gasteiger charge is 2.27. The Hall–Kier alpha value is -3.63. The molecular weight excluding hydrogens is 790 g/mol. The lowest BCUT2D eigenvalue weighted by atomic mass is 10.1. The van der Waals surface area contributed by atoms with Gasteiger partial charge < -0.3 is 24.0 Å². The number of carbonyl (C=O) groups excluding carboxylic acids is 2. The number of ether oxygens (including phenoxy) is 2. The average Bonchev–Trinajstić information content (AvgIpc) is 3.21. The Morgan fingerprint density at radius 2 is 1.11 bits per heavy atom. The van der Waals surface area contributed by atoms with Crippen molar-refractivity contribution < 1.29 is 47.2 Å². The van der Waals surface area contributed by atoms with E-state index in [9.17, 15) is 24.2 Å². The van der Waals surface area contributed by atoms with Crippen LogP contribution in [0, 0.1) is 0 Å². The zero-order chi connectivity index (χ0) is 45.1. The predicted octanol–water partition coefficient (Wildman–Crippen LogP) is 11.9. The number of quaternary nitrogens is 1. The Morgan fingerprint density at radius 1 is 0.590 bits per heavy atom. The van der Waals surface area contributed by atoms with Crippen molar-refractivity contribution in [3.05, 3.63) is 122 Å². The van der Waals surface area contributed by atoms with Gasteiger partial charge in [0.2, 0.25) is 0 Å². The molecule has 0 saturated heterocycles. The Balaban J connectivity index is 4.58. The summed E-state index contributed by atoms with van der Waals surface area (Å²) in [4.78, 5) is 35.4. The van der Waals surface area contributed by atoms with Gasteiger partial charge in [0.1, 0.15) is 19.8 Å². The van der Waals surface area contributed by atoms with Crippen LogP contribution in [0.1, 0.15) is 123 Å². The Bertz CT molecular complexity index is 1460. The number of hydrogen-bond donors (Lipinski definition) is 2. The van der Waals surface area contributed by atoms with Crippen LogP contribution in [0.2, 0.25) is 0 Å². The number of aliphatic hydroxyl groups is 1. The molecule has 0 aliphatic carbocycles. The van der Waals surface area contributed by atoms with E-state index in [2.05, 4.69) is 86.8 Å². The molecule has 0 aliphatic rings. The van der Waals surface area contributed by atoms with Gasteiger partial charge in [-0.3, -0.25) is 18.6 Å². The smallest absolute Gasteiger partial charge is 0.462 e. The maximum atomic E-state index is 12.7. The zero-order valence-electron chi connectivity index (χ0n) is 38.2. The molecule has 2 unspecified atom stereocenters. The molecule has 0 aromatic rings. The van der Waals surface area contributed by atoms with E-state index in [-0.39, 0.29) is 26.1 Å².